The van der Waals surface area contributed by atoms with Gasteiger partial charge in [-0.05, 0) is 41.8 Å². The van der Waals surface area contributed by atoms with Gasteiger partial charge in [-0.15, -0.1) is 0 Å². The van der Waals surface area contributed by atoms with Crippen LogP contribution in [-0.2, 0) is 13.0 Å². The lowest BCUT2D eigenvalue weighted by atomic mass is 9.98. The molecule has 4 heteroatoms. The minimum Gasteiger partial charge on any atom is -0.305 e. The maximum absolute atomic E-state index is 4.93. The molecular formula is C29H26N4. The van der Waals surface area contributed by atoms with Crippen molar-refractivity contribution < 1.29 is 0 Å². The van der Waals surface area contributed by atoms with Crippen LogP contribution in [0.15, 0.2) is 122 Å². The molecule has 0 amide bonds. The Morgan fingerprint density at radius 2 is 1.36 bits per heavy atom. The summed E-state index contributed by atoms with van der Waals surface area (Å²) in [5.74, 6) is 0. The van der Waals surface area contributed by atoms with Crippen LogP contribution < -0.4 is 5.32 Å². The highest BCUT2D eigenvalue weighted by Crippen LogP contribution is 2.25. The molecule has 5 rings (SSSR count). The summed E-state index contributed by atoms with van der Waals surface area (Å²) in [6.07, 6.45) is 6.68. The fourth-order valence-electron chi connectivity index (χ4n) is 4.08. The summed E-state index contributed by atoms with van der Waals surface area (Å²) in [4.78, 5) is 4.18. The van der Waals surface area contributed by atoms with Crippen LogP contribution in [0.5, 0.6) is 0 Å². The minimum absolute atomic E-state index is 0.193. The monoisotopic (exact) mass is 430 g/mol. The first-order valence-electron chi connectivity index (χ1n) is 11.2. The Balaban J connectivity index is 1.46. The predicted octanol–water partition coefficient (Wildman–Crippen LogP) is 6.01. The molecule has 162 valence electrons. The Labute approximate surface area is 194 Å². The fraction of sp³-hybridized carbons (Fsp3) is 0.103. The van der Waals surface area contributed by atoms with E-state index >= 15 is 0 Å². The molecule has 2 aromatic heterocycles. The zero-order chi connectivity index (χ0) is 22.3. The maximum atomic E-state index is 4.93. The molecule has 0 aliphatic heterocycles. The molecular weight excluding hydrogens is 404 g/mol. The Kier molecular flexibility index (Phi) is 6.36. The third-order valence-corrected chi connectivity index (χ3v) is 5.79. The number of hydrogen-bond acceptors (Lipinski definition) is 3. The molecule has 3 aromatic carbocycles. The summed E-state index contributed by atoms with van der Waals surface area (Å²) in [7, 11) is 0. The number of hydrogen-bond donors (Lipinski definition) is 1. The molecule has 0 spiro atoms. The van der Waals surface area contributed by atoms with Gasteiger partial charge in [0.25, 0.3) is 0 Å². The lowest BCUT2D eigenvalue weighted by molar-refractivity contribution is 0.531. The molecule has 2 heterocycles. The smallest absolute Gasteiger partial charge is 0.0973 e. The van der Waals surface area contributed by atoms with Crippen LogP contribution in [-0.4, -0.2) is 14.8 Å². The molecule has 0 fully saturated rings. The van der Waals surface area contributed by atoms with Gasteiger partial charge < -0.3 is 5.32 Å². The number of benzene rings is 3. The van der Waals surface area contributed by atoms with Gasteiger partial charge in [0.1, 0.15) is 0 Å². The highest BCUT2D eigenvalue weighted by Gasteiger charge is 2.16. The van der Waals surface area contributed by atoms with Gasteiger partial charge in [-0.2, -0.15) is 5.10 Å². The van der Waals surface area contributed by atoms with Gasteiger partial charge in [0.05, 0.1) is 11.4 Å². The van der Waals surface area contributed by atoms with E-state index in [1.165, 1.54) is 11.1 Å². The minimum atomic E-state index is 0.193. The number of rotatable bonds is 8. The first-order chi connectivity index (χ1) is 16.4. The van der Waals surface area contributed by atoms with Gasteiger partial charge in [-0.3, -0.25) is 4.98 Å². The largest absolute Gasteiger partial charge is 0.305 e. The summed E-state index contributed by atoms with van der Waals surface area (Å²) >= 11 is 0. The average Bonchev–Trinajstić information content (AvgIpc) is 3.33. The van der Waals surface area contributed by atoms with Crippen molar-refractivity contribution in [3.8, 4) is 16.9 Å². The van der Waals surface area contributed by atoms with E-state index in [0.29, 0.717) is 6.54 Å². The van der Waals surface area contributed by atoms with Crippen molar-refractivity contribution >= 4 is 0 Å². The van der Waals surface area contributed by atoms with Crippen molar-refractivity contribution in [2.45, 2.75) is 19.0 Å². The third-order valence-electron chi connectivity index (χ3n) is 5.79. The van der Waals surface area contributed by atoms with E-state index in [1.54, 1.807) is 0 Å². The van der Waals surface area contributed by atoms with Crippen LogP contribution in [0.4, 0.5) is 0 Å². The highest BCUT2D eigenvalue weighted by molar-refractivity contribution is 5.62. The second kappa shape index (κ2) is 10.1. The lowest BCUT2D eigenvalue weighted by Gasteiger charge is -2.19. The quantitative estimate of drug-likeness (QED) is 0.328. The molecule has 0 radical (unpaired) electrons. The summed E-state index contributed by atoms with van der Waals surface area (Å²) in [5, 5.41) is 8.74. The van der Waals surface area contributed by atoms with Crippen molar-refractivity contribution in [3.63, 3.8) is 0 Å². The van der Waals surface area contributed by atoms with E-state index in [-0.39, 0.29) is 6.04 Å². The molecule has 0 bridgehead atoms. The number of nitrogens with one attached hydrogen (secondary N) is 1. The molecule has 4 nitrogen and oxygen atoms in total. The zero-order valence-corrected chi connectivity index (χ0v) is 18.4. The molecule has 0 aliphatic rings. The van der Waals surface area contributed by atoms with E-state index < -0.39 is 0 Å². The van der Waals surface area contributed by atoms with Crippen molar-refractivity contribution in [3.05, 3.63) is 138 Å². The number of aromatic nitrogens is 3. The highest BCUT2D eigenvalue weighted by atomic mass is 15.3. The molecule has 0 saturated heterocycles. The van der Waals surface area contributed by atoms with Gasteiger partial charge in [0.15, 0.2) is 0 Å². The van der Waals surface area contributed by atoms with Crippen LogP contribution in [0.25, 0.3) is 16.9 Å². The summed E-state index contributed by atoms with van der Waals surface area (Å²) in [5.41, 5.74) is 6.83. The Morgan fingerprint density at radius 3 is 2.06 bits per heavy atom. The molecule has 33 heavy (non-hydrogen) atoms. The number of pyridine rings is 1. The van der Waals surface area contributed by atoms with Gasteiger partial charge in [0.2, 0.25) is 0 Å². The molecule has 0 aliphatic carbocycles. The standard InChI is InChI=1S/C29H26N4/c1-4-10-23(11-5-1)20-28(24-12-6-2-7-13-24)31-21-26-22-33(27-14-8-3-9-15-27)32-29(26)25-16-18-30-19-17-25/h1-19,22,28,31H,20-21H2/t28-/m0/s1. The molecule has 0 unspecified atom stereocenters. The second-order valence-corrected chi connectivity index (χ2v) is 8.05. The summed E-state index contributed by atoms with van der Waals surface area (Å²) in [6.45, 7) is 0.705. The first kappa shape index (κ1) is 20.9. The fourth-order valence-corrected chi connectivity index (χ4v) is 4.08. The van der Waals surface area contributed by atoms with E-state index in [2.05, 4.69) is 89.3 Å². The van der Waals surface area contributed by atoms with E-state index in [1.807, 2.05) is 47.4 Å². The van der Waals surface area contributed by atoms with Crippen LogP contribution in [0, 0.1) is 0 Å². The SMILES string of the molecule is c1ccc(C[C@H](NCc2cn(-c3ccccc3)nc2-c2ccncc2)c2ccccc2)cc1. The van der Waals surface area contributed by atoms with Crippen LogP contribution >= 0.6 is 0 Å². The number of para-hydroxylation sites is 1. The predicted molar refractivity (Wildman–Crippen MR) is 133 cm³/mol. The van der Waals surface area contributed by atoms with Gasteiger partial charge in [0, 0.05) is 42.3 Å². The first-order valence-corrected chi connectivity index (χ1v) is 11.2. The average molecular weight is 431 g/mol. The van der Waals surface area contributed by atoms with E-state index in [0.717, 1.165) is 28.9 Å². The summed E-state index contributed by atoms with van der Waals surface area (Å²) < 4.78 is 1.96. The molecule has 1 N–H and O–H groups in total. The third kappa shape index (κ3) is 5.08. The lowest BCUT2D eigenvalue weighted by Crippen LogP contribution is -2.23. The van der Waals surface area contributed by atoms with Crippen molar-refractivity contribution in [2.24, 2.45) is 0 Å². The summed E-state index contributed by atoms with van der Waals surface area (Å²) in [6, 6.07) is 35.7. The van der Waals surface area contributed by atoms with Gasteiger partial charge in [-0.25, -0.2) is 4.68 Å². The Hall–Kier alpha value is -4.02. The van der Waals surface area contributed by atoms with Crippen LogP contribution in [0.2, 0.25) is 0 Å². The van der Waals surface area contributed by atoms with E-state index in [4.69, 9.17) is 5.10 Å². The Morgan fingerprint density at radius 1 is 0.727 bits per heavy atom. The molecule has 1 atom stereocenters. The van der Waals surface area contributed by atoms with Gasteiger partial charge in [-0.1, -0.05) is 78.9 Å². The molecule has 5 aromatic rings. The topological polar surface area (TPSA) is 42.7 Å². The number of nitrogens with zero attached hydrogens (tertiary/aromatic N) is 3. The van der Waals surface area contributed by atoms with E-state index in [9.17, 15) is 0 Å². The second-order valence-electron chi connectivity index (χ2n) is 8.05. The van der Waals surface area contributed by atoms with Crippen molar-refractivity contribution in [2.75, 3.05) is 0 Å². The van der Waals surface area contributed by atoms with Crippen LogP contribution in [0.3, 0.4) is 0 Å². The maximum Gasteiger partial charge on any atom is 0.0973 e. The van der Waals surface area contributed by atoms with Crippen molar-refractivity contribution in [1.82, 2.24) is 20.1 Å². The van der Waals surface area contributed by atoms with Crippen molar-refractivity contribution in [1.29, 1.82) is 0 Å². The van der Waals surface area contributed by atoms with Gasteiger partial charge >= 0.3 is 0 Å². The normalized spacial score (nSPS) is 11.9. The zero-order valence-electron chi connectivity index (χ0n) is 18.4. The molecule has 0 saturated carbocycles. The Bertz CT molecular complexity index is 1270. The van der Waals surface area contributed by atoms with Crippen LogP contribution in [0.1, 0.15) is 22.7 Å².